The highest BCUT2D eigenvalue weighted by Crippen LogP contribution is 2.47. The molecule has 1 N–H and O–H groups in total. The van der Waals surface area contributed by atoms with Gasteiger partial charge in [0.2, 0.25) is 0 Å². The molecular formula is C13H13F2NO. The van der Waals surface area contributed by atoms with Crippen molar-refractivity contribution < 1.29 is 13.9 Å². The summed E-state index contributed by atoms with van der Waals surface area (Å²) in [4.78, 5) is 0. The van der Waals surface area contributed by atoms with E-state index in [0.717, 1.165) is 25.0 Å². The van der Waals surface area contributed by atoms with Crippen LogP contribution in [0.15, 0.2) is 18.2 Å². The average molecular weight is 237 g/mol. The molecule has 0 aliphatic heterocycles. The van der Waals surface area contributed by atoms with E-state index in [9.17, 15) is 19.1 Å². The third-order valence-corrected chi connectivity index (χ3v) is 3.52. The standard InChI is InChI=1S/C13H13F2NO/c14-9-4-3-5-10(15)11(9)12(17)13(8-16)6-1-2-7-13/h3-5,12,17H,1-2,6-7H2. The molecule has 0 aromatic heterocycles. The van der Waals surface area contributed by atoms with Gasteiger partial charge in [-0.2, -0.15) is 5.26 Å². The smallest absolute Gasteiger partial charge is 0.132 e. The summed E-state index contributed by atoms with van der Waals surface area (Å²) < 4.78 is 27.1. The van der Waals surface area contributed by atoms with Crippen LogP contribution in [-0.2, 0) is 0 Å². The molecule has 1 aliphatic rings. The molecule has 0 radical (unpaired) electrons. The number of aliphatic hydroxyl groups excluding tert-OH is 1. The lowest BCUT2D eigenvalue weighted by molar-refractivity contribution is 0.0605. The Balaban J connectivity index is 2.43. The second kappa shape index (κ2) is 4.42. The van der Waals surface area contributed by atoms with Crippen molar-refractivity contribution in [3.05, 3.63) is 35.4 Å². The Hall–Kier alpha value is -1.47. The molecule has 0 bridgehead atoms. The Kier molecular flexibility index (Phi) is 3.12. The molecule has 1 aliphatic carbocycles. The molecule has 1 fully saturated rings. The van der Waals surface area contributed by atoms with E-state index in [1.165, 1.54) is 6.07 Å². The summed E-state index contributed by atoms with van der Waals surface area (Å²) in [6.07, 6.45) is 1.19. The molecule has 90 valence electrons. The van der Waals surface area contributed by atoms with Gasteiger partial charge in [0.05, 0.1) is 17.0 Å². The van der Waals surface area contributed by atoms with Gasteiger partial charge in [-0.1, -0.05) is 18.9 Å². The lowest BCUT2D eigenvalue weighted by Crippen LogP contribution is -2.25. The maximum atomic E-state index is 13.6. The summed E-state index contributed by atoms with van der Waals surface area (Å²) in [6, 6.07) is 5.49. The molecule has 0 spiro atoms. The van der Waals surface area contributed by atoms with Gasteiger partial charge in [0.15, 0.2) is 0 Å². The first kappa shape index (κ1) is 12.0. The minimum absolute atomic E-state index is 0.379. The number of benzene rings is 1. The van der Waals surface area contributed by atoms with Gasteiger partial charge in [0, 0.05) is 0 Å². The molecule has 1 unspecified atom stereocenters. The maximum absolute atomic E-state index is 13.6. The van der Waals surface area contributed by atoms with Gasteiger partial charge in [0.1, 0.15) is 17.7 Å². The summed E-state index contributed by atoms with van der Waals surface area (Å²) in [7, 11) is 0. The second-order valence-electron chi connectivity index (χ2n) is 4.51. The highest BCUT2D eigenvalue weighted by atomic mass is 19.1. The van der Waals surface area contributed by atoms with Gasteiger partial charge >= 0.3 is 0 Å². The number of nitriles is 1. The predicted molar refractivity (Wildman–Crippen MR) is 57.8 cm³/mol. The normalized spacial score (nSPS) is 19.9. The number of halogens is 2. The quantitative estimate of drug-likeness (QED) is 0.859. The van der Waals surface area contributed by atoms with Crippen LogP contribution < -0.4 is 0 Å². The molecule has 2 nitrogen and oxygen atoms in total. The zero-order valence-electron chi connectivity index (χ0n) is 9.29. The lowest BCUT2D eigenvalue weighted by atomic mass is 9.78. The first-order valence-corrected chi connectivity index (χ1v) is 5.64. The molecule has 2 rings (SSSR count). The number of hydrogen-bond donors (Lipinski definition) is 1. The Bertz CT molecular complexity index is 441. The topological polar surface area (TPSA) is 44.0 Å². The van der Waals surface area contributed by atoms with Crippen LogP contribution in [0.1, 0.15) is 37.4 Å². The molecule has 4 heteroatoms. The minimum atomic E-state index is -1.39. The Morgan fingerprint density at radius 1 is 1.24 bits per heavy atom. The van der Waals surface area contributed by atoms with Gasteiger partial charge in [-0.05, 0) is 25.0 Å². The van der Waals surface area contributed by atoms with Crippen molar-refractivity contribution in [3.8, 4) is 6.07 Å². The van der Waals surface area contributed by atoms with Crippen LogP contribution in [0.2, 0.25) is 0 Å². The number of nitrogens with zero attached hydrogens (tertiary/aromatic N) is 1. The number of aliphatic hydroxyl groups is 1. The molecule has 1 aromatic rings. The highest BCUT2D eigenvalue weighted by Gasteiger charge is 2.43. The lowest BCUT2D eigenvalue weighted by Gasteiger charge is -2.27. The van der Waals surface area contributed by atoms with Crippen LogP contribution in [0.4, 0.5) is 8.78 Å². The summed E-state index contributed by atoms with van der Waals surface area (Å²) in [5, 5.41) is 19.3. The zero-order valence-corrected chi connectivity index (χ0v) is 9.29. The second-order valence-corrected chi connectivity index (χ2v) is 4.51. The summed E-state index contributed by atoms with van der Waals surface area (Å²) >= 11 is 0. The van der Waals surface area contributed by atoms with Crippen molar-refractivity contribution in [2.24, 2.45) is 5.41 Å². The predicted octanol–water partition coefficient (Wildman–Crippen LogP) is 3.08. The SMILES string of the molecule is N#CC1(C(O)c2c(F)cccc2F)CCCC1. The van der Waals surface area contributed by atoms with E-state index in [4.69, 9.17) is 0 Å². The summed E-state index contributed by atoms with van der Waals surface area (Å²) in [5.41, 5.74) is -1.42. The molecule has 1 aromatic carbocycles. The van der Waals surface area contributed by atoms with Crippen LogP contribution >= 0.6 is 0 Å². The van der Waals surface area contributed by atoms with Crippen LogP contribution in [0.25, 0.3) is 0 Å². The maximum Gasteiger partial charge on any atom is 0.132 e. The van der Waals surface area contributed by atoms with Crippen LogP contribution in [-0.4, -0.2) is 5.11 Å². The zero-order chi connectivity index (χ0) is 12.5. The van der Waals surface area contributed by atoms with Gasteiger partial charge in [-0.25, -0.2) is 8.78 Å². The average Bonchev–Trinajstić information content (AvgIpc) is 2.78. The summed E-state index contributed by atoms with van der Waals surface area (Å²) in [6.45, 7) is 0. The largest absolute Gasteiger partial charge is 0.387 e. The Labute approximate surface area is 98.5 Å². The van der Waals surface area contributed by atoms with Gasteiger partial charge < -0.3 is 5.11 Å². The van der Waals surface area contributed by atoms with Crippen molar-refractivity contribution in [1.29, 1.82) is 5.26 Å². The van der Waals surface area contributed by atoms with E-state index in [-0.39, 0.29) is 5.56 Å². The van der Waals surface area contributed by atoms with Gasteiger partial charge in [0.25, 0.3) is 0 Å². The van der Waals surface area contributed by atoms with Gasteiger partial charge in [-0.15, -0.1) is 0 Å². The highest BCUT2D eigenvalue weighted by molar-refractivity contribution is 5.27. The molecular weight excluding hydrogens is 224 g/mol. The molecule has 1 saturated carbocycles. The molecule has 17 heavy (non-hydrogen) atoms. The van der Waals surface area contributed by atoms with Crippen molar-refractivity contribution in [1.82, 2.24) is 0 Å². The first-order valence-electron chi connectivity index (χ1n) is 5.64. The Morgan fingerprint density at radius 3 is 2.24 bits per heavy atom. The third-order valence-electron chi connectivity index (χ3n) is 3.52. The van der Waals surface area contributed by atoms with E-state index in [2.05, 4.69) is 0 Å². The monoisotopic (exact) mass is 237 g/mol. The number of rotatable bonds is 2. The summed E-state index contributed by atoms with van der Waals surface area (Å²) in [5.74, 6) is -1.59. The number of hydrogen-bond acceptors (Lipinski definition) is 2. The molecule has 0 saturated heterocycles. The van der Waals surface area contributed by atoms with Gasteiger partial charge in [-0.3, -0.25) is 0 Å². The van der Waals surface area contributed by atoms with Crippen molar-refractivity contribution >= 4 is 0 Å². The minimum Gasteiger partial charge on any atom is -0.387 e. The third kappa shape index (κ3) is 1.91. The van der Waals surface area contributed by atoms with Crippen molar-refractivity contribution in [2.45, 2.75) is 31.8 Å². The van der Waals surface area contributed by atoms with Crippen molar-refractivity contribution in [3.63, 3.8) is 0 Å². The van der Waals surface area contributed by atoms with Crippen LogP contribution in [0.3, 0.4) is 0 Å². The van der Waals surface area contributed by atoms with E-state index in [0.29, 0.717) is 12.8 Å². The van der Waals surface area contributed by atoms with E-state index in [1.54, 1.807) is 0 Å². The fourth-order valence-corrected chi connectivity index (χ4v) is 2.50. The first-order chi connectivity index (χ1) is 8.10. The van der Waals surface area contributed by atoms with E-state index < -0.39 is 23.2 Å². The molecule has 1 atom stereocenters. The fraction of sp³-hybridized carbons (Fsp3) is 0.462. The van der Waals surface area contributed by atoms with Crippen LogP contribution in [0, 0.1) is 28.4 Å². The van der Waals surface area contributed by atoms with Crippen LogP contribution in [0.5, 0.6) is 0 Å². The molecule has 0 heterocycles. The van der Waals surface area contributed by atoms with E-state index in [1.807, 2.05) is 6.07 Å². The fourth-order valence-electron chi connectivity index (χ4n) is 2.50. The van der Waals surface area contributed by atoms with E-state index >= 15 is 0 Å². The molecule has 0 amide bonds. The van der Waals surface area contributed by atoms with Crippen molar-refractivity contribution in [2.75, 3.05) is 0 Å². The Morgan fingerprint density at radius 2 is 1.76 bits per heavy atom.